The van der Waals surface area contributed by atoms with E-state index in [0.717, 1.165) is 30.9 Å². The maximum atomic E-state index is 13.1. The van der Waals surface area contributed by atoms with Crippen LogP contribution in [-0.2, 0) is 16.1 Å². The van der Waals surface area contributed by atoms with Crippen LogP contribution in [0.2, 0.25) is 0 Å². The largest absolute Gasteiger partial charge is 0.340 e. The zero-order chi connectivity index (χ0) is 18.8. The van der Waals surface area contributed by atoms with Gasteiger partial charge in [-0.1, -0.05) is 42.5 Å². The Hall–Kier alpha value is -2.66. The molecule has 1 saturated heterocycles. The molecule has 1 N–H and O–H groups in total. The van der Waals surface area contributed by atoms with Crippen LogP contribution in [0.4, 0.5) is 5.69 Å². The molecule has 2 aromatic rings. The van der Waals surface area contributed by atoms with Gasteiger partial charge in [0.15, 0.2) is 0 Å². The van der Waals surface area contributed by atoms with E-state index < -0.39 is 0 Å². The number of nitrogens with zero attached hydrogens (tertiary/aromatic N) is 2. The summed E-state index contributed by atoms with van der Waals surface area (Å²) in [6.07, 6.45) is 0.235. The van der Waals surface area contributed by atoms with Gasteiger partial charge >= 0.3 is 0 Å². The van der Waals surface area contributed by atoms with E-state index in [1.54, 1.807) is 0 Å². The molecular weight excluding hydrogens is 338 g/mol. The maximum absolute atomic E-state index is 13.1. The average Bonchev–Trinajstić information content (AvgIpc) is 2.69. The topological polar surface area (TPSA) is 52.7 Å². The molecule has 0 saturated carbocycles. The number of hydrogen-bond donors (Lipinski definition) is 1. The maximum Gasteiger partial charge on any atom is 0.230 e. The molecule has 0 aromatic heterocycles. The van der Waals surface area contributed by atoms with Crippen molar-refractivity contribution in [2.45, 2.75) is 25.8 Å². The van der Waals surface area contributed by atoms with E-state index in [1.165, 1.54) is 11.1 Å². The number of piperazine rings is 1. The van der Waals surface area contributed by atoms with Gasteiger partial charge in [-0.25, -0.2) is 0 Å². The minimum Gasteiger partial charge on any atom is -0.340 e. The van der Waals surface area contributed by atoms with Gasteiger partial charge in [0, 0.05) is 44.8 Å². The third kappa shape index (κ3) is 3.74. The van der Waals surface area contributed by atoms with Gasteiger partial charge in [0.25, 0.3) is 0 Å². The highest BCUT2D eigenvalue weighted by Crippen LogP contribution is 2.33. The van der Waals surface area contributed by atoms with Gasteiger partial charge in [-0.2, -0.15) is 0 Å². The minimum atomic E-state index is -0.363. The first-order valence-corrected chi connectivity index (χ1v) is 9.56. The zero-order valence-electron chi connectivity index (χ0n) is 15.6. The molecule has 2 aliphatic rings. The number of aryl methyl sites for hydroxylation is 1. The van der Waals surface area contributed by atoms with Crippen molar-refractivity contribution < 1.29 is 9.59 Å². The second-order valence-corrected chi connectivity index (χ2v) is 7.42. The number of benzene rings is 2. The number of rotatable bonds is 3. The summed E-state index contributed by atoms with van der Waals surface area (Å²) in [4.78, 5) is 29.4. The van der Waals surface area contributed by atoms with Crippen molar-refractivity contribution in [3.63, 3.8) is 0 Å². The number of amides is 2. The molecule has 0 bridgehead atoms. The number of carbonyl (C=O) groups excluding carboxylic acids is 2. The van der Waals surface area contributed by atoms with Crippen LogP contribution in [0.25, 0.3) is 0 Å². The van der Waals surface area contributed by atoms with Crippen LogP contribution < -0.4 is 5.32 Å². The number of nitrogens with one attached hydrogen (secondary N) is 1. The lowest BCUT2D eigenvalue weighted by molar-refractivity contribution is -0.136. The second-order valence-electron chi connectivity index (χ2n) is 7.42. The smallest absolute Gasteiger partial charge is 0.230 e. The first kappa shape index (κ1) is 17.7. The lowest BCUT2D eigenvalue weighted by Gasteiger charge is -2.37. The second kappa shape index (κ2) is 7.53. The van der Waals surface area contributed by atoms with E-state index in [9.17, 15) is 9.59 Å². The zero-order valence-corrected chi connectivity index (χ0v) is 15.6. The van der Waals surface area contributed by atoms with Crippen molar-refractivity contribution in [2.24, 2.45) is 0 Å². The van der Waals surface area contributed by atoms with E-state index in [4.69, 9.17) is 0 Å². The van der Waals surface area contributed by atoms with E-state index in [0.29, 0.717) is 13.1 Å². The molecule has 1 atom stereocenters. The van der Waals surface area contributed by atoms with Crippen LogP contribution in [0.1, 0.15) is 29.0 Å². The molecule has 5 heteroatoms. The van der Waals surface area contributed by atoms with Crippen molar-refractivity contribution in [1.82, 2.24) is 9.80 Å². The molecule has 2 aromatic carbocycles. The molecule has 2 heterocycles. The number of carbonyl (C=O) groups is 2. The van der Waals surface area contributed by atoms with Gasteiger partial charge in [0.2, 0.25) is 11.8 Å². The fraction of sp³-hybridized carbons (Fsp3) is 0.364. The number of para-hydroxylation sites is 1. The van der Waals surface area contributed by atoms with Gasteiger partial charge in [-0.05, 0) is 29.7 Å². The molecule has 27 heavy (non-hydrogen) atoms. The summed E-state index contributed by atoms with van der Waals surface area (Å²) in [6, 6.07) is 16.1. The molecule has 4 rings (SSSR count). The summed E-state index contributed by atoms with van der Waals surface area (Å²) in [7, 11) is 0. The summed E-state index contributed by atoms with van der Waals surface area (Å²) in [5.74, 6) is -0.365. The van der Waals surface area contributed by atoms with Gasteiger partial charge in [0.05, 0.1) is 5.92 Å². The Morgan fingerprint density at radius 3 is 2.52 bits per heavy atom. The third-order valence-electron chi connectivity index (χ3n) is 5.64. The third-order valence-corrected chi connectivity index (χ3v) is 5.64. The number of hydrogen-bond acceptors (Lipinski definition) is 3. The highest BCUT2D eigenvalue weighted by Gasteiger charge is 2.34. The predicted molar refractivity (Wildman–Crippen MR) is 105 cm³/mol. The Morgan fingerprint density at radius 1 is 1.04 bits per heavy atom. The van der Waals surface area contributed by atoms with Crippen molar-refractivity contribution >= 4 is 17.5 Å². The molecule has 1 fully saturated rings. The summed E-state index contributed by atoms with van der Waals surface area (Å²) >= 11 is 0. The fourth-order valence-electron chi connectivity index (χ4n) is 4.01. The van der Waals surface area contributed by atoms with Crippen molar-refractivity contribution in [1.29, 1.82) is 0 Å². The molecular formula is C22H25N3O2. The molecule has 5 nitrogen and oxygen atoms in total. The standard InChI is InChI=1S/C22H25N3O2/c1-16-6-2-3-7-17(16)15-24-10-12-25(13-11-24)22(27)19-14-21(26)23-20-9-5-4-8-18(19)20/h2-9,19H,10-15H2,1H3,(H,23,26). The van der Waals surface area contributed by atoms with Crippen LogP contribution in [-0.4, -0.2) is 47.8 Å². The Bertz CT molecular complexity index is 856. The highest BCUT2D eigenvalue weighted by molar-refractivity contribution is 6.01. The van der Waals surface area contributed by atoms with E-state index >= 15 is 0 Å². The summed E-state index contributed by atoms with van der Waals surface area (Å²) in [5, 5.41) is 2.87. The van der Waals surface area contributed by atoms with Crippen molar-refractivity contribution in [2.75, 3.05) is 31.5 Å². The average molecular weight is 363 g/mol. The van der Waals surface area contributed by atoms with Crippen LogP contribution in [0.3, 0.4) is 0 Å². The van der Waals surface area contributed by atoms with E-state index in [1.807, 2.05) is 29.2 Å². The van der Waals surface area contributed by atoms with Gasteiger partial charge in [0.1, 0.15) is 0 Å². The predicted octanol–water partition coefficient (Wildman–Crippen LogP) is 2.77. The normalized spacial score (nSPS) is 20.1. The molecule has 2 amide bonds. The molecule has 0 aliphatic carbocycles. The van der Waals surface area contributed by atoms with Gasteiger partial charge in [-0.3, -0.25) is 14.5 Å². The molecule has 140 valence electrons. The first-order valence-electron chi connectivity index (χ1n) is 9.56. The van der Waals surface area contributed by atoms with E-state index in [2.05, 4.69) is 41.4 Å². The van der Waals surface area contributed by atoms with Crippen LogP contribution >= 0.6 is 0 Å². The molecule has 0 spiro atoms. The van der Waals surface area contributed by atoms with E-state index in [-0.39, 0.29) is 24.2 Å². The molecule has 2 aliphatic heterocycles. The van der Waals surface area contributed by atoms with Crippen LogP contribution in [0.15, 0.2) is 48.5 Å². The summed E-state index contributed by atoms with van der Waals surface area (Å²) in [5.41, 5.74) is 4.35. The Balaban J connectivity index is 1.41. The number of fused-ring (bicyclic) bond motifs is 1. The minimum absolute atomic E-state index is 0.0767. The Labute approximate surface area is 160 Å². The van der Waals surface area contributed by atoms with Crippen molar-refractivity contribution in [3.8, 4) is 0 Å². The lowest BCUT2D eigenvalue weighted by atomic mass is 9.89. The lowest BCUT2D eigenvalue weighted by Crippen LogP contribution is -2.50. The monoisotopic (exact) mass is 363 g/mol. The number of anilines is 1. The summed E-state index contributed by atoms with van der Waals surface area (Å²) < 4.78 is 0. The molecule has 1 unspecified atom stereocenters. The van der Waals surface area contributed by atoms with Crippen molar-refractivity contribution in [3.05, 3.63) is 65.2 Å². The fourth-order valence-corrected chi connectivity index (χ4v) is 4.01. The quantitative estimate of drug-likeness (QED) is 0.912. The first-order chi connectivity index (χ1) is 13.1. The Kier molecular flexibility index (Phi) is 4.94. The van der Waals surface area contributed by atoms with Gasteiger partial charge in [-0.15, -0.1) is 0 Å². The van der Waals surface area contributed by atoms with Crippen LogP contribution in [0, 0.1) is 6.92 Å². The van der Waals surface area contributed by atoms with Crippen LogP contribution in [0.5, 0.6) is 0 Å². The SMILES string of the molecule is Cc1ccccc1CN1CCN(C(=O)C2CC(=O)Nc3ccccc32)CC1. The highest BCUT2D eigenvalue weighted by atomic mass is 16.2. The molecule has 0 radical (unpaired) electrons. The Morgan fingerprint density at radius 2 is 1.74 bits per heavy atom. The van der Waals surface area contributed by atoms with Gasteiger partial charge < -0.3 is 10.2 Å². The summed E-state index contributed by atoms with van der Waals surface area (Å²) in [6.45, 7) is 6.21.